The van der Waals surface area contributed by atoms with E-state index in [-0.39, 0.29) is 11.7 Å². The predicted molar refractivity (Wildman–Crippen MR) is 77.8 cm³/mol. The van der Waals surface area contributed by atoms with Crippen LogP contribution in [0.1, 0.15) is 47.0 Å². The van der Waals surface area contributed by atoms with Crippen LogP contribution in [-0.2, 0) is 4.79 Å². The van der Waals surface area contributed by atoms with Crippen LogP contribution in [0.4, 0.5) is 0 Å². The highest BCUT2D eigenvalue weighted by Gasteiger charge is 2.45. The number of nitrogens with one attached hydrogen (secondary N) is 1. The molecule has 0 bridgehead atoms. The van der Waals surface area contributed by atoms with Gasteiger partial charge in [-0.25, -0.2) is 0 Å². The van der Waals surface area contributed by atoms with Gasteiger partial charge in [0.25, 0.3) is 0 Å². The highest BCUT2D eigenvalue weighted by Crippen LogP contribution is 2.26. The van der Waals surface area contributed by atoms with Crippen molar-refractivity contribution < 1.29 is 4.79 Å². The molecule has 2 unspecified atom stereocenters. The second kappa shape index (κ2) is 5.80. The van der Waals surface area contributed by atoms with E-state index in [0.717, 1.165) is 19.5 Å². The number of hydrogen-bond donors (Lipinski definition) is 1. The zero-order valence-electron chi connectivity index (χ0n) is 12.9. The molecule has 2 heterocycles. The lowest BCUT2D eigenvalue weighted by atomic mass is 9.95. The number of carbonyl (C=O) groups excluding carboxylic acids is 1. The summed E-state index contributed by atoms with van der Waals surface area (Å²) in [7, 11) is 0. The van der Waals surface area contributed by atoms with Crippen LogP contribution in [-0.4, -0.2) is 53.6 Å². The standard InChI is InChI=1S/C15H29N3O/c1-5-15(4)14(19)18(12(3)16-15)11-13-7-9-17(6-2)10-8-13/h12-13,16H,5-11H2,1-4H3. The molecule has 0 radical (unpaired) electrons. The normalized spacial score (nSPS) is 34.2. The Labute approximate surface area is 117 Å². The fourth-order valence-electron chi connectivity index (χ4n) is 3.35. The predicted octanol–water partition coefficient (Wildman–Crippen LogP) is 1.66. The summed E-state index contributed by atoms with van der Waals surface area (Å²) >= 11 is 0. The molecule has 4 nitrogen and oxygen atoms in total. The molecule has 4 heteroatoms. The Bertz CT molecular complexity index is 325. The molecule has 2 aliphatic rings. The van der Waals surface area contributed by atoms with E-state index in [4.69, 9.17) is 0 Å². The molecule has 0 spiro atoms. The van der Waals surface area contributed by atoms with E-state index in [1.54, 1.807) is 0 Å². The SMILES string of the molecule is CCN1CCC(CN2C(=O)C(C)(CC)NC2C)CC1. The van der Waals surface area contributed by atoms with Gasteiger partial charge < -0.3 is 9.80 Å². The van der Waals surface area contributed by atoms with E-state index >= 15 is 0 Å². The zero-order chi connectivity index (χ0) is 14.0. The fourth-order valence-corrected chi connectivity index (χ4v) is 3.35. The number of rotatable bonds is 4. The van der Waals surface area contributed by atoms with Crippen LogP contribution in [0.2, 0.25) is 0 Å². The van der Waals surface area contributed by atoms with Crippen molar-refractivity contribution >= 4 is 5.91 Å². The minimum Gasteiger partial charge on any atom is -0.326 e. The van der Waals surface area contributed by atoms with Crippen molar-refractivity contribution in [2.45, 2.75) is 58.7 Å². The average Bonchev–Trinajstić information content (AvgIpc) is 2.64. The number of amides is 1. The molecule has 1 amide bonds. The van der Waals surface area contributed by atoms with Gasteiger partial charge in [-0.05, 0) is 58.7 Å². The molecule has 2 rings (SSSR count). The number of hydrogen-bond acceptors (Lipinski definition) is 3. The van der Waals surface area contributed by atoms with E-state index in [9.17, 15) is 4.79 Å². The van der Waals surface area contributed by atoms with Crippen LogP contribution in [0.3, 0.4) is 0 Å². The summed E-state index contributed by atoms with van der Waals surface area (Å²) in [6, 6.07) is 0. The molecule has 2 saturated heterocycles. The van der Waals surface area contributed by atoms with E-state index in [2.05, 4.69) is 35.9 Å². The largest absolute Gasteiger partial charge is 0.326 e. The van der Waals surface area contributed by atoms with E-state index < -0.39 is 0 Å². The van der Waals surface area contributed by atoms with Crippen molar-refractivity contribution in [1.29, 1.82) is 0 Å². The second-order valence-electron chi connectivity index (χ2n) is 6.34. The van der Waals surface area contributed by atoms with Gasteiger partial charge in [-0.15, -0.1) is 0 Å². The number of piperidine rings is 1. The van der Waals surface area contributed by atoms with Crippen molar-refractivity contribution in [3.63, 3.8) is 0 Å². The summed E-state index contributed by atoms with van der Waals surface area (Å²) < 4.78 is 0. The van der Waals surface area contributed by atoms with Crippen LogP contribution in [0.25, 0.3) is 0 Å². The molecule has 0 saturated carbocycles. The molecule has 2 fully saturated rings. The van der Waals surface area contributed by atoms with Crippen LogP contribution in [0, 0.1) is 5.92 Å². The summed E-state index contributed by atoms with van der Waals surface area (Å²) in [5.74, 6) is 0.968. The first-order valence-corrected chi connectivity index (χ1v) is 7.81. The van der Waals surface area contributed by atoms with Crippen molar-refractivity contribution in [1.82, 2.24) is 15.1 Å². The fraction of sp³-hybridized carbons (Fsp3) is 0.933. The maximum atomic E-state index is 12.5. The maximum absolute atomic E-state index is 12.5. The van der Waals surface area contributed by atoms with Gasteiger partial charge in [-0.2, -0.15) is 0 Å². The molecule has 19 heavy (non-hydrogen) atoms. The molecule has 2 atom stereocenters. The third-order valence-electron chi connectivity index (χ3n) is 5.04. The van der Waals surface area contributed by atoms with Gasteiger partial charge in [0.2, 0.25) is 5.91 Å². The highest BCUT2D eigenvalue weighted by atomic mass is 16.2. The quantitative estimate of drug-likeness (QED) is 0.841. The van der Waals surface area contributed by atoms with E-state index in [1.807, 2.05) is 6.92 Å². The lowest BCUT2D eigenvalue weighted by Gasteiger charge is -2.34. The zero-order valence-corrected chi connectivity index (χ0v) is 12.9. The van der Waals surface area contributed by atoms with Crippen LogP contribution < -0.4 is 5.32 Å². The van der Waals surface area contributed by atoms with Crippen LogP contribution in [0.5, 0.6) is 0 Å². The van der Waals surface area contributed by atoms with E-state index in [1.165, 1.54) is 25.9 Å². The third-order valence-corrected chi connectivity index (χ3v) is 5.04. The summed E-state index contributed by atoms with van der Waals surface area (Å²) in [4.78, 5) is 17.1. The monoisotopic (exact) mass is 267 g/mol. The summed E-state index contributed by atoms with van der Waals surface area (Å²) in [6.45, 7) is 12.9. The lowest BCUT2D eigenvalue weighted by Crippen LogP contribution is -2.44. The molecule has 110 valence electrons. The van der Waals surface area contributed by atoms with Crippen molar-refractivity contribution in [2.75, 3.05) is 26.2 Å². The Hall–Kier alpha value is -0.610. The summed E-state index contributed by atoms with van der Waals surface area (Å²) in [6.07, 6.45) is 3.50. The van der Waals surface area contributed by atoms with Gasteiger partial charge in [-0.1, -0.05) is 13.8 Å². The van der Waals surface area contributed by atoms with Crippen LogP contribution in [0.15, 0.2) is 0 Å². The summed E-state index contributed by atoms with van der Waals surface area (Å²) in [5.41, 5.74) is -0.344. The molecule has 1 N–H and O–H groups in total. The maximum Gasteiger partial charge on any atom is 0.243 e. The summed E-state index contributed by atoms with van der Waals surface area (Å²) in [5, 5.41) is 3.46. The molecular formula is C15H29N3O. The van der Waals surface area contributed by atoms with Gasteiger partial charge in [0.1, 0.15) is 0 Å². The Kier molecular flexibility index (Phi) is 4.51. The topological polar surface area (TPSA) is 35.6 Å². The molecular weight excluding hydrogens is 238 g/mol. The number of likely N-dealkylation sites (tertiary alicyclic amines) is 1. The van der Waals surface area contributed by atoms with Gasteiger partial charge in [0.15, 0.2) is 0 Å². The second-order valence-corrected chi connectivity index (χ2v) is 6.34. The molecule has 0 aromatic carbocycles. The molecule has 0 aliphatic carbocycles. The Morgan fingerprint density at radius 3 is 2.42 bits per heavy atom. The Morgan fingerprint density at radius 2 is 1.95 bits per heavy atom. The minimum atomic E-state index is -0.344. The first kappa shape index (κ1) is 14.8. The van der Waals surface area contributed by atoms with Gasteiger partial charge in [-0.3, -0.25) is 10.1 Å². The number of nitrogens with zero attached hydrogens (tertiary/aromatic N) is 2. The lowest BCUT2D eigenvalue weighted by molar-refractivity contribution is -0.133. The van der Waals surface area contributed by atoms with E-state index in [0.29, 0.717) is 11.8 Å². The van der Waals surface area contributed by atoms with Gasteiger partial charge in [0.05, 0.1) is 11.7 Å². The van der Waals surface area contributed by atoms with Gasteiger partial charge in [0, 0.05) is 6.54 Å². The highest BCUT2D eigenvalue weighted by molar-refractivity contribution is 5.88. The minimum absolute atomic E-state index is 0.182. The smallest absolute Gasteiger partial charge is 0.243 e. The number of carbonyl (C=O) groups is 1. The first-order chi connectivity index (χ1) is 9.00. The van der Waals surface area contributed by atoms with Crippen LogP contribution >= 0.6 is 0 Å². The molecule has 2 aliphatic heterocycles. The van der Waals surface area contributed by atoms with Gasteiger partial charge >= 0.3 is 0 Å². The molecule has 0 aromatic heterocycles. The van der Waals surface area contributed by atoms with Crippen molar-refractivity contribution in [3.8, 4) is 0 Å². The average molecular weight is 267 g/mol. The van der Waals surface area contributed by atoms with Crippen molar-refractivity contribution in [3.05, 3.63) is 0 Å². The molecule has 0 aromatic rings. The Morgan fingerprint density at radius 1 is 1.32 bits per heavy atom. The third kappa shape index (κ3) is 2.95. The first-order valence-electron chi connectivity index (χ1n) is 7.81. The Balaban J connectivity index is 1.91. The van der Waals surface area contributed by atoms with Crippen molar-refractivity contribution in [2.24, 2.45) is 5.92 Å².